The van der Waals surface area contributed by atoms with Gasteiger partial charge in [0.2, 0.25) is 5.75 Å². The van der Waals surface area contributed by atoms with Crippen molar-refractivity contribution in [1.29, 1.82) is 0 Å². The van der Waals surface area contributed by atoms with Crippen LogP contribution in [0.1, 0.15) is 84.6 Å². The number of para-hydroxylation sites is 3. The summed E-state index contributed by atoms with van der Waals surface area (Å²) >= 11 is 0. The Kier molecular flexibility index (Phi) is 19.2. The number of esters is 3. The van der Waals surface area contributed by atoms with E-state index in [9.17, 15) is 24.0 Å². The van der Waals surface area contributed by atoms with Gasteiger partial charge < -0.3 is 87.3 Å². The number of methoxy groups -OCH3 is 4. The number of alkyl carbamates (subject to hydrolysis) is 3. The fourth-order valence-corrected chi connectivity index (χ4v) is 12.8. The summed E-state index contributed by atoms with van der Waals surface area (Å²) in [4.78, 5) is 110. The number of rotatable bonds is 20. The Bertz CT molecular complexity index is 5170. The molecule has 1 aliphatic rings. The number of carbonyl (C=O) groups is 6. The van der Waals surface area contributed by atoms with Crippen molar-refractivity contribution in [3.05, 3.63) is 160 Å². The second-order valence-electron chi connectivity index (χ2n) is 27.6. The molecule has 25 heteroatoms. The van der Waals surface area contributed by atoms with Crippen molar-refractivity contribution in [1.82, 2.24) is 35.5 Å². The van der Waals surface area contributed by atoms with Crippen LogP contribution in [-0.4, -0.2) is 119 Å². The van der Waals surface area contributed by atoms with Crippen LogP contribution < -0.4 is 54.7 Å². The van der Waals surface area contributed by atoms with E-state index in [0.29, 0.717) is 50.0 Å². The molecular weight excluding hydrogens is 1310 g/mol. The topological polar surface area (TPSA) is 313 Å². The summed E-state index contributed by atoms with van der Waals surface area (Å²) < 4.78 is 68.1. The molecule has 5 aromatic heterocycles. The number of carbonyl (C=O) groups excluding carboxylic acids is 6. The highest BCUT2D eigenvalue weighted by atomic mass is 16.6. The van der Waals surface area contributed by atoms with Crippen LogP contribution in [0, 0.1) is 0 Å². The molecule has 25 nitrogen and oxygen atoms in total. The van der Waals surface area contributed by atoms with Crippen LogP contribution >= 0.6 is 0 Å². The van der Waals surface area contributed by atoms with Gasteiger partial charge in [-0.1, -0.05) is 60.7 Å². The van der Waals surface area contributed by atoms with Gasteiger partial charge in [-0.2, -0.15) is 0 Å². The Morgan fingerprint density at radius 2 is 0.931 bits per heavy atom. The second kappa shape index (κ2) is 28.0. The number of benzene rings is 6. The molecule has 0 spiro atoms. The molecule has 0 fully saturated rings. The van der Waals surface area contributed by atoms with Gasteiger partial charge in [0.25, 0.3) is 0 Å². The molecule has 3 atom stereocenters. The Hall–Kier alpha value is -11.9. The van der Waals surface area contributed by atoms with E-state index >= 15 is 9.59 Å². The molecule has 6 heterocycles. The smallest absolute Gasteiger partial charge is 0.408 e. The predicted octanol–water partition coefficient (Wildman–Crippen LogP) is 13.2. The molecule has 6 aromatic carbocycles. The maximum atomic E-state index is 15.3. The molecule has 6 N–H and O–H groups in total. The highest BCUT2D eigenvalue weighted by Gasteiger charge is 2.38. The van der Waals surface area contributed by atoms with Crippen molar-refractivity contribution >= 4 is 90.8 Å². The molecule has 1 aliphatic heterocycles. The number of aromatic amines is 3. The number of amides is 3. The summed E-state index contributed by atoms with van der Waals surface area (Å²) in [5, 5.41) is 11.2. The fraction of sp³-hybridized carbons (Fsp3) is 0.312. The summed E-state index contributed by atoms with van der Waals surface area (Å²) in [6, 6.07) is 28.0. The summed E-state index contributed by atoms with van der Waals surface area (Å²) in [6.45, 7) is 15.3. The number of hydrogen-bond donors (Lipinski definition) is 6. The summed E-state index contributed by atoms with van der Waals surface area (Å²) in [6.07, 6.45) is 2.69. The van der Waals surface area contributed by atoms with E-state index in [1.54, 1.807) is 110 Å². The summed E-state index contributed by atoms with van der Waals surface area (Å²) in [5.74, 6) is -2.74. The molecule has 11 aromatic rings. The van der Waals surface area contributed by atoms with Crippen LogP contribution in [0.5, 0.6) is 40.2 Å². The van der Waals surface area contributed by atoms with Gasteiger partial charge in [0.05, 0.1) is 34.1 Å². The van der Waals surface area contributed by atoms with Gasteiger partial charge in [0, 0.05) is 111 Å². The van der Waals surface area contributed by atoms with Gasteiger partial charge in [0.15, 0.2) is 34.5 Å². The first-order valence-electron chi connectivity index (χ1n) is 33.1. The van der Waals surface area contributed by atoms with E-state index in [4.69, 9.17) is 51.8 Å². The summed E-state index contributed by atoms with van der Waals surface area (Å²) in [7, 11) is 5.56. The average molecular weight is 1390 g/mol. The average Bonchev–Trinajstić information content (AvgIpc) is 1.53. The quantitative estimate of drug-likeness (QED) is 0.0179. The lowest BCUT2D eigenvalue weighted by atomic mass is 9.91. The van der Waals surface area contributed by atoms with Crippen molar-refractivity contribution in [2.24, 2.45) is 0 Å². The zero-order valence-corrected chi connectivity index (χ0v) is 58.7. The van der Waals surface area contributed by atoms with E-state index in [1.807, 2.05) is 72.8 Å². The predicted molar refractivity (Wildman–Crippen MR) is 381 cm³/mol. The third-order valence-corrected chi connectivity index (χ3v) is 17.1. The minimum absolute atomic E-state index is 0.00406. The van der Waals surface area contributed by atoms with Crippen molar-refractivity contribution in [2.45, 2.75) is 129 Å². The van der Waals surface area contributed by atoms with Crippen LogP contribution in [-0.2, 0) is 60.8 Å². The zero-order chi connectivity index (χ0) is 72.7. The molecule has 3 amide bonds. The maximum Gasteiger partial charge on any atom is 0.408 e. The Balaban J connectivity index is 1.01. The van der Waals surface area contributed by atoms with E-state index in [-0.39, 0.29) is 89.0 Å². The molecule has 0 aliphatic carbocycles. The van der Waals surface area contributed by atoms with Crippen molar-refractivity contribution in [3.63, 3.8) is 0 Å². The highest BCUT2D eigenvalue weighted by molar-refractivity contribution is 6.17. The first-order chi connectivity index (χ1) is 48.6. The SMILES string of the molecule is COc1cc(-c2c3n(c4c(=O)oc5cc(OC(=O)[C@H](Cc6c[nH]c7ccccc67)NC(=O)OC(C)(C)C)c(OC)cc5c24)CCc2c-3cc(OC)c(OC)c2OC(=O)[C@H](Cc2c[nH]c3ccccc23)NC(=O)OC(C)(C)C)ccc1OC(=O)[C@H](Cc1c[nH]c2ccccc12)NC(=O)OC(C)(C)C. The van der Waals surface area contributed by atoms with Gasteiger partial charge in [-0.15, -0.1) is 0 Å². The summed E-state index contributed by atoms with van der Waals surface area (Å²) in [5.41, 5.74) is 2.89. The largest absolute Gasteiger partial charge is 0.493 e. The van der Waals surface area contributed by atoms with Crippen molar-refractivity contribution in [2.75, 3.05) is 28.4 Å². The molecule has 0 unspecified atom stereocenters. The van der Waals surface area contributed by atoms with Crippen LogP contribution in [0.25, 0.3) is 77.0 Å². The monoisotopic (exact) mass is 1390 g/mol. The number of nitrogens with zero attached hydrogens (tertiary/aromatic N) is 1. The normalized spacial score (nSPS) is 13.1. The molecular formula is C77H79N7O18. The minimum Gasteiger partial charge on any atom is -0.493 e. The third kappa shape index (κ3) is 14.7. The number of aryl methyl sites for hydroxylation is 1. The number of H-pyrrole nitrogens is 3. The first-order valence-corrected chi connectivity index (χ1v) is 33.1. The fourth-order valence-electron chi connectivity index (χ4n) is 12.8. The van der Waals surface area contributed by atoms with Gasteiger partial charge in [-0.05, 0) is 133 Å². The number of ether oxygens (including phenoxy) is 10. The lowest BCUT2D eigenvalue weighted by Crippen LogP contribution is -2.46. The molecule has 0 bridgehead atoms. The van der Waals surface area contributed by atoms with E-state index in [0.717, 1.165) is 32.7 Å². The van der Waals surface area contributed by atoms with Crippen LogP contribution in [0.4, 0.5) is 14.4 Å². The lowest BCUT2D eigenvalue weighted by molar-refractivity contribution is -0.137. The number of fused-ring (bicyclic) bond motifs is 10. The van der Waals surface area contributed by atoms with Gasteiger partial charge in [0.1, 0.15) is 46.0 Å². The molecule has 0 radical (unpaired) electrons. The molecule has 0 saturated carbocycles. The van der Waals surface area contributed by atoms with Gasteiger partial charge >= 0.3 is 41.8 Å². The number of aromatic nitrogens is 4. The van der Waals surface area contributed by atoms with Crippen LogP contribution in [0.3, 0.4) is 0 Å². The second-order valence-corrected chi connectivity index (χ2v) is 27.6. The molecule has 0 saturated heterocycles. The Morgan fingerprint density at radius 3 is 1.38 bits per heavy atom. The maximum absolute atomic E-state index is 15.3. The highest BCUT2D eigenvalue weighted by Crippen LogP contribution is 2.54. The van der Waals surface area contributed by atoms with Crippen LogP contribution in [0.2, 0.25) is 0 Å². The van der Waals surface area contributed by atoms with Crippen molar-refractivity contribution < 1.29 is 80.6 Å². The molecule has 102 heavy (non-hydrogen) atoms. The number of hydrogen-bond acceptors (Lipinski definition) is 18. The number of nitrogens with one attached hydrogen (secondary N) is 6. The van der Waals surface area contributed by atoms with Gasteiger partial charge in [-0.25, -0.2) is 33.6 Å². The van der Waals surface area contributed by atoms with E-state index in [2.05, 4.69) is 30.9 Å². The first kappa shape index (κ1) is 70.0. The molecule has 12 rings (SSSR count). The lowest BCUT2D eigenvalue weighted by Gasteiger charge is -2.27. The van der Waals surface area contributed by atoms with E-state index < -0.39 is 76.7 Å². The standard InChI is InChI=1S/C77H79N7O18/c1-75(2,3)100-72(89)81-53(30-41-37-78-50-23-17-14-20-44(41)50)68(85)96-56-27-26-40(33-58(56)92-10)62-63-49-35-59(93-11)60(98-69(86)54(82-73(90)101-76(4,5)6)31-42-38-79-51-24-18-15-21-45(42)51)36-57(49)97-71(88)65(63)84-29-28-47-48(64(62)84)34-61(94-12)67(95-13)66(47)99-70(87)55(83-74(91)102-77(7,8)9)32-43-39-80-52-25-19-16-22-46(43)52/h14-27,33-39,53-55,78-80H,28-32H2,1-13H3,(H,81,89)(H,82,90)(H,83,91)/t53-,54-,55-/m0/s1. The van der Waals surface area contributed by atoms with Gasteiger partial charge in [-0.3, -0.25) is 0 Å². The minimum atomic E-state index is -1.34. The van der Waals surface area contributed by atoms with Crippen molar-refractivity contribution in [3.8, 4) is 62.6 Å². The Morgan fingerprint density at radius 1 is 0.490 bits per heavy atom. The van der Waals surface area contributed by atoms with Crippen LogP contribution in [0.15, 0.2) is 137 Å². The van der Waals surface area contributed by atoms with E-state index in [1.165, 1.54) is 40.6 Å². The third-order valence-electron chi connectivity index (χ3n) is 17.1. The molecule has 530 valence electrons. The Labute approximate surface area is 585 Å². The zero-order valence-electron chi connectivity index (χ0n) is 58.7.